The van der Waals surface area contributed by atoms with Crippen molar-refractivity contribution in [3.05, 3.63) is 28.9 Å². The van der Waals surface area contributed by atoms with E-state index in [1.54, 1.807) is 0 Å². The monoisotopic (exact) mass is 278 g/mol. The van der Waals surface area contributed by atoms with E-state index in [0.717, 1.165) is 9.99 Å². The van der Waals surface area contributed by atoms with Gasteiger partial charge >= 0.3 is 0 Å². The number of hydrogen-bond donors (Lipinski definition) is 0. The van der Waals surface area contributed by atoms with E-state index in [1.807, 2.05) is 0 Å². The molecule has 1 aliphatic carbocycles. The number of fused-ring (bicyclic) bond motifs is 1. The molecule has 0 saturated heterocycles. The van der Waals surface area contributed by atoms with Crippen LogP contribution in [0, 0.1) is 0 Å². The van der Waals surface area contributed by atoms with Crippen molar-refractivity contribution in [3.8, 4) is 0 Å². The van der Waals surface area contributed by atoms with Crippen molar-refractivity contribution in [1.29, 1.82) is 0 Å². The summed E-state index contributed by atoms with van der Waals surface area (Å²) in [6, 6.07) is 6.93. The van der Waals surface area contributed by atoms with E-state index in [0.29, 0.717) is 6.04 Å². The second-order valence-corrected chi connectivity index (χ2v) is 5.52. The molecule has 1 fully saturated rings. The normalized spacial score (nSPS) is 18.1. The fourth-order valence-corrected chi connectivity index (χ4v) is 2.89. The molecule has 3 rings (SSSR count). The predicted molar refractivity (Wildman–Crippen MR) is 69.6 cm³/mol. The highest BCUT2D eigenvalue weighted by atomic mass is 79.9. The molecule has 1 saturated carbocycles. The Balaban J connectivity index is 1.97. The lowest BCUT2D eigenvalue weighted by molar-refractivity contribution is 0.331. The summed E-state index contributed by atoms with van der Waals surface area (Å²) < 4.78 is 3.28. The van der Waals surface area contributed by atoms with Gasteiger partial charge in [0.15, 0.2) is 0 Å². The van der Waals surface area contributed by atoms with E-state index in [2.05, 4.69) is 50.1 Å². The molecule has 2 aromatic rings. The summed E-state index contributed by atoms with van der Waals surface area (Å²) in [4.78, 5) is 0. The van der Waals surface area contributed by atoms with Crippen LogP contribution in [0.5, 0.6) is 0 Å². The van der Waals surface area contributed by atoms with Crippen LogP contribution in [0.2, 0.25) is 0 Å². The molecule has 1 heterocycles. The molecule has 1 aromatic carbocycles. The molecule has 1 aliphatic rings. The molecule has 0 N–H and O–H groups in total. The summed E-state index contributed by atoms with van der Waals surface area (Å²) in [7, 11) is 0. The van der Waals surface area contributed by atoms with E-state index in [-0.39, 0.29) is 0 Å². The third-order valence-corrected chi connectivity index (χ3v) is 3.93. The minimum absolute atomic E-state index is 0.625. The third-order valence-electron chi connectivity index (χ3n) is 3.44. The van der Waals surface area contributed by atoms with Gasteiger partial charge in [0.1, 0.15) is 0 Å². The Kier molecular flexibility index (Phi) is 2.72. The number of halogens is 1. The van der Waals surface area contributed by atoms with Crippen LogP contribution in [0.1, 0.15) is 38.1 Å². The third kappa shape index (κ3) is 1.88. The summed E-state index contributed by atoms with van der Waals surface area (Å²) in [5.74, 6) is 0. The molecular formula is C13H15BrN2. The van der Waals surface area contributed by atoms with Crippen molar-refractivity contribution >= 4 is 26.8 Å². The Labute approximate surface area is 104 Å². The quantitative estimate of drug-likeness (QED) is 0.760. The van der Waals surface area contributed by atoms with Crippen LogP contribution >= 0.6 is 15.9 Å². The molecule has 3 heteroatoms. The highest BCUT2D eigenvalue weighted by molar-refractivity contribution is 9.10. The van der Waals surface area contributed by atoms with Crippen molar-refractivity contribution in [2.75, 3.05) is 0 Å². The van der Waals surface area contributed by atoms with Crippen LogP contribution in [-0.4, -0.2) is 9.78 Å². The Morgan fingerprint density at radius 1 is 1.19 bits per heavy atom. The van der Waals surface area contributed by atoms with E-state index in [1.165, 1.54) is 37.5 Å². The van der Waals surface area contributed by atoms with Gasteiger partial charge in [-0.25, -0.2) is 0 Å². The van der Waals surface area contributed by atoms with Crippen LogP contribution in [0.3, 0.4) is 0 Å². The van der Waals surface area contributed by atoms with Gasteiger partial charge in [0.2, 0.25) is 0 Å². The van der Waals surface area contributed by atoms with Crippen LogP contribution < -0.4 is 0 Å². The van der Waals surface area contributed by atoms with Gasteiger partial charge in [-0.05, 0) is 25.0 Å². The minimum Gasteiger partial charge on any atom is -0.268 e. The molecule has 0 spiro atoms. The van der Waals surface area contributed by atoms with Gasteiger partial charge in [0.25, 0.3) is 0 Å². The van der Waals surface area contributed by atoms with E-state index >= 15 is 0 Å². The Morgan fingerprint density at radius 2 is 2.00 bits per heavy atom. The van der Waals surface area contributed by atoms with Crippen LogP contribution in [0.15, 0.2) is 28.9 Å². The zero-order chi connectivity index (χ0) is 11.0. The van der Waals surface area contributed by atoms with Gasteiger partial charge in [-0.2, -0.15) is 5.10 Å². The second kappa shape index (κ2) is 4.21. The number of hydrogen-bond acceptors (Lipinski definition) is 1. The molecule has 1 aromatic heterocycles. The van der Waals surface area contributed by atoms with Crippen LogP contribution in [0.4, 0.5) is 0 Å². The highest BCUT2D eigenvalue weighted by Gasteiger charge is 2.16. The predicted octanol–water partition coefficient (Wildman–Crippen LogP) is 4.30. The Hall–Kier alpha value is -0.830. The first kappa shape index (κ1) is 10.3. The molecule has 0 atom stereocenters. The summed E-state index contributed by atoms with van der Waals surface area (Å²) >= 11 is 3.49. The second-order valence-electron chi connectivity index (χ2n) is 4.60. The molecule has 0 radical (unpaired) electrons. The molecule has 0 amide bonds. The van der Waals surface area contributed by atoms with Gasteiger partial charge in [-0.3, -0.25) is 4.68 Å². The fourth-order valence-electron chi connectivity index (χ4n) is 2.54. The summed E-state index contributed by atoms with van der Waals surface area (Å²) in [5.41, 5.74) is 1.10. The van der Waals surface area contributed by atoms with Gasteiger partial charge in [0.05, 0.1) is 11.6 Å². The first-order chi connectivity index (χ1) is 7.83. The maximum absolute atomic E-state index is 4.68. The standard InChI is InChI=1S/C13H15BrN2/c14-11-7-6-10-9-16(15-13(10)8-11)12-4-2-1-3-5-12/h6-9,12H,1-5H2. The largest absolute Gasteiger partial charge is 0.268 e. The van der Waals surface area contributed by atoms with Gasteiger partial charge < -0.3 is 0 Å². The summed E-state index contributed by atoms with van der Waals surface area (Å²) in [6.07, 6.45) is 8.86. The lowest BCUT2D eigenvalue weighted by Crippen LogP contribution is -2.12. The van der Waals surface area contributed by atoms with Crippen LogP contribution in [0.25, 0.3) is 10.9 Å². The van der Waals surface area contributed by atoms with Crippen LogP contribution in [-0.2, 0) is 0 Å². The molecule has 84 valence electrons. The molecule has 16 heavy (non-hydrogen) atoms. The average Bonchev–Trinajstić information content (AvgIpc) is 2.73. The lowest BCUT2D eigenvalue weighted by Gasteiger charge is -2.21. The molecule has 0 unspecified atom stereocenters. The number of aromatic nitrogens is 2. The van der Waals surface area contributed by atoms with Crippen molar-refractivity contribution in [2.24, 2.45) is 0 Å². The first-order valence-corrected chi connectivity index (χ1v) is 6.77. The maximum Gasteiger partial charge on any atom is 0.0934 e. The molecule has 2 nitrogen and oxygen atoms in total. The average molecular weight is 279 g/mol. The number of benzene rings is 1. The smallest absolute Gasteiger partial charge is 0.0934 e. The molecule has 0 aliphatic heterocycles. The van der Waals surface area contributed by atoms with Crippen molar-refractivity contribution < 1.29 is 0 Å². The number of rotatable bonds is 1. The topological polar surface area (TPSA) is 17.8 Å². The van der Waals surface area contributed by atoms with Crippen molar-refractivity contribution in [2.45, 2.75) is 38.1 Å². The van der Waals surface area contributed by atoms with E-state index in [4.69, 9.17) is 0 Å². The van der Waals surface area contributed by atoms with Crippen molar-refractivity contribution in [3.63, 3.8) is 0 Å². The first-order valence-electron chi connectivity index (χ1n) is 5.97. The highest BCUT2D eigenvalue weighted by Crippen LogP contribution is 2.29. The summed E-state index contributed by atoms with van der Waals surface area (Å²) in [5, 5.41) is 5.93. The Bertz CT molecular complexity index is 498. The van der Waals surface area contributed by atoms with E-state index < -0.39 is 0 Å². The summed E-state index contributed by atoms with van der Waals surface area (Å²) in [6.45, 7) is 0. The van der Waals surface area contributed by atoms with Gasteiger partial charge in [0, 0.05) is 16.1 Å². The zero-order valence-corrected chi connectivity index (χ0v) is 10.8. The number of nitrogens with zero attached hydrogens (tertiary/aromatic N) is 2. The SMILES string of the molecule is Brc1ccc2cn(C3CCCCC3)nc2c1. The van der Waals surface area contributed by atoms with Crippen molar-refractivity contribution in [1.82, 2.24) is 9.78 Å². The van der Waals surface area contributed by atoms with Gasteiger partial charge in [-0.15, -0.1) is 0 Å². The zero-order valence-electron chi connectivity index (χ0n) is 9.19. The maximum atomic E-state index is 4.68. The minimum atomic E-state index is 0.625. The van der Waals surface area contributed by atoms with Gasteiger partial charge in [-0.1, -0.05) is 41.3 Å². The molecule has 0 bridgehead atoms. The van der Waals surface area contributed by atoms with E-state index in [9.17, 15) is 0 Å². The fraction of sp³-hybridized carbons (Fsp3) is 0.462. The Morgan fingerprint density at radius 3 is 2.81 bits per heavy atom. The molecular weight excluding hydrogens is 264 g/mol. The lowest BCUT2D eigenvalue weighted by atomic mass is 9.96.